The van der Waals surface area contributed by atoms with Crippen molar-refractivity contribution in [1.29, 1.82) is 0 Å². The minimum Gasteiger partial charge on any atom is -0.390 e. The molecule has 0 aliphatic carbocycles. The van der Waals surface area contributed by atoms with Gasteiger partial charge in [-0.1, -0.05) is 31.2 Å². The van der Waals surface area contributed by atoms with Crippen molar-refractivity contribution < 1.29 is 27.1 Å². The monoisotopic (exact) mass is 583 g/mol. The third-order valence-corrected chi connectivity index (χ3v) is 8.51. The molecule has 3 N–H and O–H groups in total. The number of amides is 1. The van der Waals surface area contributed by atoms with Crippen molar-refractivity contribution in [2.75, 3.05) is 20.1 Å². The third kappa shape index (κ3) is 9.20. The van der Waals surface area contributed by atoms with Gasteiger partial charge in [0.2, 0.25) is 10.0 Å². The molecule has 1 amide bonds. The van der Waals surface area contributed by atoms with Crippen LogP contribution in [0.1, 0.15) is 40.4 Å². The van der Waals surface area contributed by atoms with Gasteiger partial charge in [-0.05, 0) is 65.9 Å². The number of rotatable bonds is 14. The highest BCUT2D eigenvalue weighted by molar-refractivity contribution is 7.89. The summed E-state index contributed by atoms with van der Waals surface area (Å²) in [6.07, 6.45) is 5.23. The molecule has 0 bridgehead atoms. The van der Waals surface area contributed by atoms with E-state index in [4.69, 9.17) is 6.42 Å². The number of halogens is 2. The first-order chi connectivity index (χ1) is 19.5. The van der Waals surface area contributed by atoms with Crippen molar-refractivity contribution >= 4 is 15.9 Å². The molecule has 0 saturated heterocycles. The van der Waals surface area contributed by atoms with E-state index in [9.17, 15) is 27.1 Å². The zero-order valence-electron chi connectivity index (χ0n) is 23.1. The molecular weight excluding hydrogens is 548 g/mol. The number of terminal acetylenes is 1. The number of carbonyl (C=O) groups excluding carboxylic acids is 1. The molecule has 10 heteroatoms. The largest absolute Gasteiger partial charge is 0.390 e. The molecular formula is C31H35F2N3O4S. The standard InChI is InChI=1S/C31H35F2N3O4S/c1-4-6-14-36(3)41(39,40)28-12-10-25(11-13-28)31(38)35-29(18-24-16-26(32)19-27(33)17-24)30(37)21-34-20-23-9-7-8-22(5-2)15-23/h1,7-13,15-17,19,29-30,34,37H,5-6,14,18,20-21H2,2-3H3,(H,35,38)/t29-,30+/m0/s1. The maximum Gasteiger partial charge on any atom is 0.251 e. The van der Waals surface area contributed by atoms with Crippen molar-refractivity contribution in [2.45, 2.75) is 49.8 Å². The van der Waals surface area contributed by atoms with Crippen molar-refractivity contribution in [3.05, 3.63) is 101 Å². The van der Waals surface area contributed by atoms with Gasteiger partial charge in [-0.2, -0.15) is 4.31 Å². The van der Waals surface area contributed by atoms with Crippen LogP contribution in [0.2, 0.25) is 0 Å². The van der Waals surface area contributed by atoms with Gasteiger partial charge in [0.15, 0.2) is 0 Å². The lowest BCUT2D eigenvalue weighted by Gasteiger charge is -2.25. The number of aliphatic hydroxyl groups is 1. The predicted molar refractivity (Wildman–Crippen MR) is 155 cm³/mol. The van der Waals surface area contributed by atoms with E-state index in [1.807, 2.05) is 18.2 Å². The number of carbonyl (C=O) groups is 1. The molecule has 3 aromatic rings. The number of nitrogens with zero attached hydrogens (tertiary/aromatic N) is 1. The molecule has 0 aliphatic heterocycles. The lowest BCUT2D eigenvalue weighted by molar-refractivity contribution is 0.0829. The third-order valence-electron chi connectivity index (χ3n) is 6.64. The lowest BCUT2D eigenvalue weighted by atomic mass is 10.00. The Labute approximate surface area is 240 Å². The fourth-order valence-corrected chi connectivity index (χ4v) is 5.46. The number of nitrogens with one attached hydrogen (secondary N) is 2. The Morgan fingerprint density at radius 3 is 2.32 bits per heavy atom. The number of hydrogen-bond donors (Lipinski definition) is 3. The number of hydrogen-bond acceptors (Lipinski definition) is 5. The second-order valence-electron chi connectivity index (χ2n) is 9.74. The molecule has 0 fully saturated rings. The Morgan fingerprint density at radius 1 is 1.02 bits per heavy atom. The molecule has 0 unspecified atom stereocenters. The van der Waals surface area contributed by atoms with Crippen LogP contribution in [-0.4, -0.2) is 56.0 Å². The van der Waals surface area contributed by atoms with Crippen molar-refractivity contribution in [3.8, 4) is 12.3 Å². The van der Waals surface area contributed by atoms with Gasteiger partial charge >= 0.3 is 0 Å². The Hall–Kier alpha value is -3.62. The highest BCUT2D eigenvalue weighted by Gasteiger charge is 2.24. The summed E-state index contributed by atoms with van der Waals surface area (Å²) in [4.78, 5) is 13.1. The Kier molecular flexibility index (Phi) is 11.6. The number of sulfonamides is 1. The molecule has 0 aromatic heterocycles. The Balaban J connectivity index is 1.74. The van der Waals surface area contributed by atoms with E-state index < -0.39 is 39.7 Å². The summed E-state index contributed by atoms with van der Waals surface area (Å²) >= 11 is 0. The van der Waals surface area contributed by atoms with E-state index in [1.54, 1.807) is 0 Å². The van der Waals surface area contributed by atoms with Gasteiger partial charge in [0.05, 0.1) is 17.0 Å². The topological polar surface area (TPSA) is 98.7 Å². The molecule has 3 rings (SSSR count). The number of aryl methyl sites for hydroxylation is 1. The van der Waals surface area contributed by atoms with Crippen LogP contribution in [0.5, 0.6) is 0 Å². The zero-order chi connectivity index (χ0) is 30.0. The molecule has 41 heavy (non-hydrogen) atoms. The van der Waals surface area contributed by atoms with Crippen LogP contribution in [0.15, 0.2) is 71.6 Å². The van der Waals surface area contributed by atoms with Crippen molar-refractivity contribution in [1.82, 2.24) is 14.9 Å². The minimum atomic E-state index is -3.79. The molecule has 2 atom stereocenters. The summed E-state index contributed by atoms with van der Waals surface area (Å²) in [6.45, 7) is 2.79. The quantitative estimate of drug-likeness (QED) is 0.252. The van der Waals surface area contributed by atoms with E-state index >= 15 is 0 Å². The molecule has 0 aliphatic rings. The molecule has 0 heterocycles. The SMILES string of the molecule is C#CCCN(C)S(=O)(=O)c1ccc(C(=O)N[C@@H](Cc2cc(F)cc(F)c2)[C@H](O)CNCc2cccc(CC)c2)cc1. The van der Waals surface area contributed by atoms with Gasteiger partial charge in [-0.15, -0.1) is 12.3 Å². The first kappa shape index (κ1) is 31.9. The average molecular weight is 584 g/mol. The minimum absolute atomic E-state index is 0.00302. The summed E-state index contributed by atoms with van der Waals surface area (Å²) in [7, 11) is -2.37. The second-order valence-corrected chi connectivity index (χ2v) is 11.8. The molecule has 0 spiro atoms. The van der Waals surface area contributed by atoms with Crippen LogP contribution in [-0.2, 0) is 29.4 Å². The second kappa shape index (κ2) is 14.8. The summed E-state index contributed by atoms with van der Waals surface area (Å²) in [5, 5.41) is 16.9. The van der Waals surface area contributed by atoms with E-state index in [1.165, 1.54) is 36.9 Å². The smallest absolute Gasteiger partial charge is 0.251 e. The Morgan fingerprint density at radius 2 is 1.68 bits per heavy atom. The fourth-order valence-electron chi connectivity index (χ4n) is 4.28. The summed E-state index contributed by atoms with van der Waals surface area (Å²) in [5.41, 5.74) is 2.63. The summed E-state index contributed by atoms with van der Waals surface area (Å²) in [6, 6.07) is 15.5. The van der Waals surface area contributed by atoms with E-state index in [-0.39, 0.29) is 42.0 Å². The van der Waals surface area contributed by atoms with Gasteiger partial charge in [-0.25, -0.2) is 17.2 Å². The van der Waals surface area contributed by atoms with Gasteiger partial charge in [0.1, 0.15) is 11.6 Å². The fraction of sp³-hybridized carbons (Fsp3) is 0.323. The molecule has 3 aromatic carbocycles. The van der Waals surface area contributed by atoms with Crippen LogP contribution in [0.4, 0.5) is 8.78 Å². The van der Waals surface area contributed by atoms with Gasteiger partial charge in [0.25, 0.3) is 5.91 Å². The maximum atomic E-state index is 13.9. The molecule has 7 nitrogen and oxygen atoms in total. The van der Waals surface area contributed by atoms with Crippen LogP contribution in [0.25, 0.3) is 0 Å². The lowest BCUT2D eigenvalue weighted by Crippen LogP contribution is -2.48. The van der Waals surface area contributed by atoms with Crippen LogP contribution < -0.4 is 10.6 Å². The first-order valence-corrected chi connectivity index (χ1v) is 14.7. The van der Waals surface area contributed by atoms with Crippen LogP contribution in [0, 0.1) is 24.0 Å². The van der Waals surface area contributed by atoms with Crippen molar-refractivity contribution in [3.63, 3.8) is 0 Å². The number of benzene rings is 3. The van der Waals surface area contributed by atoms with E-state index in [2.05, 4.69) is 29.5 Å². The first-order valence-electron chi connectivity index (χ1n) is 13.3. The number of aliphatic hydroxyl groups excluding tert-OH is 1. The van der Waals surface area contributed by atoms with Crippen molar-refractivity contribution in [2.24, 2.45) is 0 Å². The maximum absolute atomic E-state index is 13.9. The Bertz CT molecular complexity index is 1450. The van der Waals surface area contributed by atoms with Crippen LogP contribution in [0.3, 0.4) is 0 Å². The molecule has 0 radical (unpaired) electrons. The molecule has 218 valence electrons. The van der Waals surface area contributed by atoms with Gasteiger partial charge < -0.3 is 15.7 Å². The van der Waals surface area contributed by atoms with Crippen LogP contribution >= 0.6 is 0 Å². The molecule has 0 saturated carbocycles. The van der Waals surface area contributed by atoms with Gasteiger partial charge in [-0.3, -0.25) is 4.79 Å². The van der Waals surface area contributed by atoms with E-state index in [0.717, 1.165) is 34.5 Å². The summed E-state index contributed by atoms with van der Waals surface area (Å²) < 4.78 is 54.3. The highest BCUT2D eigenvalue weighted by Crippen LogP contribution is 2.17. The average Bonchev–Trinajstić information content (AvgIpc) is 2.95. The highest BCUT2D eigenvalue weighted by atomic mass is 32.2. The van der Waals surface area contributed by atoms with E-state index in [0.29, 0.717) is 6.54 Å². The van der Waals surface area contributed by atoms with Gasteiger partial charge in [0, 0.05) is 44.7 Å². The predicted octanol–water partition coefficient (Wildman–Crippen LogP) is 3.66. The summed E-state index contributed by atoms with van der Waals surface area (Å²) in [5.74, 6) is 0.287. The normalized spacial score (nSPS) is 13.0. The zero-order valence-corrected chi connectivity index (χ0v) is 23.9.